The number of hydrogen-bond acceptors (Lipinski definition) is 3. The molecule has 0 atom stereocenters. The Bertz CT molecular complexity index is 309. The Kier molecular flexibility index (Phi) is 2.28. The lowest BCUT2D eigenvalue weighted by atomic mass is 10.2. The molecule has 1 heterocycles. The molecule has 0 radical (unpaired) electrons. The number of hydrogen-bond donors (Lipinski definition) is 2. The smallest absolute Gasteiger partial charge is 0.150 e. The Balaban J connectivity index is 3.27. The van der Waals surface area contributed by atoms with Crippen molar-refractivity contribution in [3.8, 4) is 5.75 Å². The Hall–Kier alpha value is -1.58. The number of methoxy groups -OCH3 is 1. The zero-order chi connectivity index (χ0) is 9.14. The third-order valence-corrected chi connectivity index (χ3v) is 1.58. The summed E-state index contributed by atoms with van der Waals surface area (Å²) in [6.45, 7) is 1.81. The summed E-state index contributed by atoms with van der Waals surface area (Å²) in [7, 11) is 1.54. The van der Waals surface area contributed by atoms with Gasteiger partial charge in [0.15, 0.2) is 5.75 Å². The summed E-state index contributed by atoms with van der Waals surface area (Å²) in [6, 6.07) is 1.66. The quantitative estimate of drug-likeness (QED) is 0.500. The molecule has 0 spiro atoms. The van der Waals surface area contributed by atoms with E-state index in [1.807, 2.05) is 6.92 Å². The number of aromatic nitrogens is 1. The molecule has 64 valence electrons. The van der Waals surface area contributed by atoms with E-state index in [-0.39, 0.29) is 5.84 Å². The lowest BCUT2D eigenvalue weighted by Gasteiger charge is -2.07. The zero-order valence-corrected chi connectivity index (χ0v) is 7.09. The highest BCUT2D eigenvalue weighted by atomic mass is 16.5. The molecule has 1 aromatic heterocycles. The summed E-state index contributed by atoms with van der Waals surface area (Å²) >= 11 is 0. The third-order valence-electron chi connectivity index (χ3n) is 1.58. The molecule has 0 amide bonds. The predicted octanol–water partition coefficient (Wildman–Crippen LogP) is 0.683. The molecule has 4 heteroatoms. The first-order valence-corrected chi connectivity index (χ1v) is 3.50. The summed E-state index contributed by atoms with van der Waals surface area (Å²) < 4.78 is 5.05. The number of ether oxygens (including phenoxy) is 1. The second kappa shape index (κ2) is 3.21. The van der Waals surface area contributed by atoms with Crippen LogP contribution in [0.5, 0.6) is 5.75 Å². The van der Waals surface area contributed by atoms with Crippen molar-refractivity contribution in [3.05, 3.63) is 23.5 Å². The van der Waals surface area contributed by atoms with Crippen LogP contribution in [0.15, 0.2) is 12.3 Å². The molecule has 0 fully saturated rings. The summed E-state index contributed by atoms with van der Waals surface area (Å²) in [4.78, 5) is 4.02. The highest BCUT2D eigenvalue weighted by Gasteiger charge is 2.08. The zero-order valence-electron chi connectivity index (χ0n) is 7.09. The standard InChI is InChI=1S/C8H11N3O/c1-5-7(12-2)6(8(9)10)3-4-11-5/h3-4H,1-2H3,(H3,9,10). The maximum absolute atomic E-state index is 7.25. The van der Waals surface area contributed by atoms with Crippen LogP contribution < -0.4 is 10.5 Å². The molecule has 0 saturated heterocycles. The molecule has 1 aromatic rings. The van der Waals surface area contributed by atoms with E-state index in [0.717, 1.165) is 5.69 Å². The second-order valence-corrected chi connectivity index (χ2v) is 2.39. The SMILES string of the molecule is COc1c(C(=N)N)ccnc1C. The van der Waals surface area contributed by atoms with E-state index in [9.17, 15) is 0 Å². The number of rotatable bonds is 2. The Labute approximate surface area is 70.9 Å². The number of amidine groups is 1. The van der Waals surface area contributed by atoms with E-state index in [0.29, 0.717) is 11.3 Å². The van der Waals surface area contributed by atoms with Gasteiger partial charge in [-0.2, -0.15) is 0 Å². The number of nitrogen functional groups attached to an aromatic ring is 1. The minimum atomic E-state index is -0.00245. The van der Waals surface area contributed by atoms with Crippen molar-refractivity contribution in [1.29, 1.82) is 5.41 Å². The summed E-state index contributed by atoms with van der Waals surface area (Å²) in [6.07, 6.45) is 1.61. The fourth-order valence-corrected chi connectivity index (χ4v) is 1.02. The number of nitrogens with one attached hydrogen (secondary N) is 1. The highest BCUT2D eigenvalue weighted by molar-refractivity contribution is 5.97. The highest BCUT2D eigenvalue weighted by Crippen LogP contribution is 2.19. The van der Waals surface area contributed by atoms with Gasteiger partial charge in [0.1, 0.15) is 5.84 Å². The van der Waals surface area contributed by atoms with Crippen LogP contribution in [0.3, 0.4) is 0 Å². The van der Waals surface area contributed by atoms with Gasteiger partial charge >= 0.3 is 0 Å². The molecule has 0 bridgehead atoms. The fraction of sp³-hybridized carbons (Fsp3) is 0.250. The minimum absolute atomic E-state index is 0.00245. The van der Waals surface area contributed by atoms with Crippen molar-refractivity contribution in [1.82, 2.24) is 4.98 Å². The van der Waals surface area contributed by atoms with Crippen LogP contribution in [-0.4, -0.2) is 17.9 Å². The maximum Gasteiger partial charge on any atom is 0.150 e. The van der Waals surface area contributed by atoms with Gasteiger partial charge in [-0.15, -0.1) is 0 Å². The summed E-state index contributed by atoms with van der Waals surface area (Å²) in [5.74, 6) is 0.572. The largest absolute Gasteiger partial charge is 0.494 e. The molecule has 0 aliphatic heterocycles. The van der Waals surface area contributed by atoms with Crippen LogP contribution in [0.2, 0.25) is 0 Å². The lowest BCUT2D eigenvalue weighted by molar-refractivity contribution is 0.408. The molecule has 0 aromatic carbocycles. The van der Waals surface area contributed by atoms with Crippen molar-refractivity contribution in [3.63, 3.8) is 0 Å². The van der Waals surface area contributed by atoms with Crippen molar-refractivity contribution in [2.75, 3.05) is 7.11 Å². The van der Waals surface area contributed by atoms with Crippen molar-refractivity contribution >= 4 is 5.84 Å². The molecule has 1 rings (SSSR count). The van der Waals surface area contributed by atoms with E-state index < -0.39 is 0 Å². The Morgan fingerprint density at radius 2 is 2.33 bits per heavy atom. The molecular weight excluding hydrogens is 154 g/mol. The molecule has 3 N–H and O–H groups in total. The monoisotopic (exact) mass is 165 g/mol. The first kappa shape index (κ1) is 8.52. The van der Waals surface area contributed by atoms with Crippen LogP contribution >= 0.6 is 0 Å². The second-order valence-electron chi connectivity index (χ2n) is 2.39. The number of nitrogens with two attached hydrogens (primary N) is 1. The maximum atomic E-state index is 7.25. The third kappa shape index (κ3) is 1.37. The van der Waals surface area contributed by atoms with Crippen LogP contribution in [0.1, 0.15) is 11.3 Å². The fourth-order valence-electron chi connectivity index (χ4n) is 1.02. The molecule has 0 unspecified atom stereocenters. The van der Waals surface area contributed by atoms with Gasteiger partial charge in [0, 0.05) is 6.20 Å². The molecule has 4 nitrogen and oxygen atoms in total. The molecule has 12 heavy (non-hydrogen) atoms. The van der Waals surface area contributed by atoms with Crippen LogP contribution in [0.4, 0.5) is 0 Å². The Morgan fingerprint density at radius 3 is 2.75 bits per heavy atom. The summed E-state index contributed by atoms with van der Waals surface area (Å²) in [5, 5.41) is 7.25. The minimum Gasteiger partial charge on any atom is -0.494 e. The van der Waals surface area contributed by atoms with E-state index in [1.54, 1.807) is 12.3 Å². The van der Waals surface area contributed by atoms with E-state index in [4.69, 9.17) is 15.9 Å². The Morgan fingerprint density at radius 1 is 1.67 bits per heavy atom. The van der Waals surface area contributed by atoms with Crippen LogP contribution in [0, 0.1) is 12.3 Å². The molecule has 0 aliphatic carbocycles. The number of aryl methyl sites for hydroxylation is 1. The van der Waals surface area contributed by atoms with Gasteiger partial charge in [0.05, 0.1) is 18.4 Å². The van der Waals surface area contributed by atoms with Crippen molar-refractivity contribution in [2.45, 2.75) is 6.92 Å². The molecular formula is C8H11N3O. The average molecular weight is 165 g/mol. The van der Waals surface area contributed by atoms with Crippen LogP contribution in [0.25, 0.3) is 0 Å². The molecule has 0 aliphatic rings. The van der Waals surface area contributed by atoms with E-state index in [2.05, 4.69) is 4.98 Å². The normalized spacial score (nSPS) is 9.50. The molecule has 0 saturated carbocycles. The van der Waals surface area contributed by atoms with Gasteiger partial charge in [0.25, 0.3) is 0 Å². The van der Waals surface area contributed by atoms with E-state index in [1.165, 1.54) is 7.11 Å². The summed E-state index contributed by atoms with van der Waals surface area (Å²) in [5.41, 5.74) is 6.66. The van der Waals surface area contributed by atoms with Gasteiger partial charge in [-0.25, -0.2) is 0 Å². The first-order chi connectivity index (χ1) is 5.66. The number of nitrogens with zero attached hydrogens (tertiary/aromatic N) is 1. The van der Waals surface area contributed by atoms with Crippen LogP contribution in [-0.2, 0) is 0 Å². The van der Waals surface area contributed by atoms with Gasteiger partial charge in [-0.1, -0.05) is 0 Å². The van der Waals surface area contributed by atoms with E-state index >= 15 is 0 Å². The van der Waals surface area contributed by atoms with Gasteiger partial charge in [0.2, 0.25) is 0 Å². The topological polar surface area (TPSA) is 72.0 Å². The van der Waals surface area contributed by atoms with Crippen molar-refractivity contribution < 1.29 is 4.74 Å². The van der Waals surface area contributed by atoms with Gasteiger partial charge < -0.3 is 10.5 Å². The van der Waals surface area contributed by atoms with Gasteiger partial charge in [-0.05, 0) is 13.0 Å². The first-order valence-electron chi connectivity index (χ1n) is 3.50. The predicted molar refractivity (Wildman–Crippen MR) is 46.5 cm³/mol. The van der Waals surface area contributed by atoms with Gasteiger partial charge in [-0.3, -0.25) is 10.4 Å². The average Bonchev–Trinajstić information content (AvgIpc) is 2.03. The number of pyridine rings is 1. The lowest BCUT2D eigenvalue weighted by Crippen LogP contribution is -2.13. The van der Waals surface area contributed by atoms with Crippen molar-refractivity contribution in [2.24, 2.45) is 5.73 Å².